The molecule has 0 spiro atoms. The van der Waals surface area contributed by atoms with Gasteiger partial charge in [0.05, 0.1) is 29.6 Å². The Bertz CT molecular complexity index is 1420. The summed E-state index contributed by atoms with van der Waals surface area (Å²) in [5.41, 5.74) is 2.07. The lowest BCUT2D eigenvalue weighted by molar-refractivity contribution is 0.0950. The molecule has 2 aromatic carbocycles. The van der Waals surface area contributed by atoms with Gasteiger partial charge >= 0.3 is 0 Å². The number of aryl methyl sites for hydroxylation is 2. The van der Waals surface area contributed by atoms with Crippen molar-refractivity contribution in [1.82, 2.24) is 4.98 Å². The molecule has 166 valence electrons. The summed E-state index contributed by atoms with van der Waals surface area (Å²) < 4.78 is 15.2. The molecule has 0 radical (unpaired) electrons. The molecule has 5 rings (SSSR count). The van der Waals surface area contributed by atoms with Crippen LogP contribution in [0.15, 0.2) is 66.9 Å². The predicted octanol–water partition coefficient (Wildman–Crippen LogP) is 5.12. The van der Waals surface area contributed by atoms with Gasteiger partial charge in [0.25, 0.3) is 0 Å². The fourth-order valence-corrected chi connectivity index (χ4v) is 5.43. The Morgan fingerprint density at radius 3 is 2.56 bits per heavy atom. The van der Waals surface area contributed by atoms with Crippen LogP contribution in [0.5, 0.6) is 0 Å². The van der Waals surface area contributed by atoms with Gasteiger partial charge in [-0.15, -0.1) is 0 Å². The van der Waals surface area contributed by atoms with Crippen LogP contribution < -0.4 is 4.90 Å². The van der Waals surface area contributed by atoms with Crippen molar-refractivity contribution in [3.05, 3.63) is 101 Å². The number of nitrogens with zero attached hydrogens (tertiary/aromatic N) is 4. The number of nitriles is 2. The highest BCUT2D eigenvalue weighted by molar-refractivity contribution is 6.05. The quantitative estimate of drug-likeness (QED) is 0.520. The number of carbonyl (C=O) groups is 1. The summed E-state index contributed by atoms with van der Waals surface area (Å²) >= 11 is 0. The van der Waals surface area contributed by atoms with Gasteiger partial charge in [-0.2, -0.15) is 10.5 Å². The number of hydrogen-bond donors (Lipinski definition) is 0. The first kappa shape index (κ1) is 21.6. The monoisotopic (exact) mass is 448 g/mol. The highest BCUT2D eigenvalue weighted by Crippen LogP contribution is 2.55. The minimum Gasteiger partial charge on any atom is -0.349 e. The normalized spacial score (nSPS) is 21.8. The maximum atomic E-state index is 15.2. The van der Waals surface area contributed by atoms with Gasteiger partial charge in [-0.3, -0.25) is 9.78 Å². The minimum atomic E-state index is -1.69. The Kier molecular flexibility index (Phi) is 5.03. The molecule has 0 aliphatic carbocycles. The maximum absolute atomic E-state index is 15.2. The third-order valence-electron chi connectivity index (χ3n) is 6.93. The molecule has 0 N–H and O–H groups in total. The van der Waals surface area contributed by atoms with Crippen LogP contribution in [-0.2, 0) is 0 Å². The van der Waals surface area contributed by atoms with E-state index in [1.54, 1.807) is 53.6 Å². The van der Waals surface area contributed by atoms with Crippen LogP contribution in [0, 0.1) is 47.7 Å². The first-order valence-electron chi connectivity index (χ1n) is 11.0. The average molecular weight is 449 g/mol. The molecule has 2 aliphatic heterocycles. The van der Waals surface area contributed by atoms with Crippen molar-refractivity contribution in [3.8, 4) is 12.1 Å². The zero-order chi connectivity index (χ0) is 24.0. The molecule has 1 saturated heterocycles. The molecule has 5 nitrogen and oxygen atoms in total. The van der Waals surface area contributed by atoms with Gasteiger partial charge in [-0.25, -0.2) is 4.39 Å². The second kappa shape index (κ2) is 7.93. The number of fused-ring (bicyclic) bond motifs is 3. The van der Waals surface area contributed by atoms with Crippen molar-refractivity contribution in [2.24, 2.45) is 5.41 Å². The predicted molar refractivity (Wildman–Crippen MR) is 126 cm³/mol. The van der Waals surface area contributed by atoms with E-state index in [1.165, 1.54) is 6.07 Å². The maximum Gasteiger partial charge on any atom is 0.186 e. The van der Waals surface area contributed by atoms with E-state index in [9.17, 15) is 15.3 Å². The van der Waals surface area contributed by atoms with Gasteiger partial charge in [0.1, 0.15) is 11.9 Å². The van der Waals surface area contributed by atoms with Gasteiger partial charge in [0, 0.05) is 17.7 Å². The van der Waals surface area contributed by atoms with Gasteiger partial charge in [0.2, 0.25) is 0 Å². The van der Waals surface area contributed by atoms with E-state index in [2.05, 4.69) is 17.1 Å². The van der Waals surface area contributed by atoms with Crippen molar-refractivity contribution in [2.45, 2.75) is 31.8 Å². The van der Waals surface area contributed by atoms with Gasteiger partial charge in [-0.1, -0.05) is 48.0 Å². The Labute approximate surface area is 197 Å². The largest absolute Gasteiger partial charge is 0.349 e. The molecular formula is C28H21FN4O. The zero-order valence-corrected chi connectivity index (χ0v) is 18.7. The van der Waals surface area contributed by atoms with Crippen molar-refractivity contribution in [1.29, 1.82) is 10.5 Å². The van der Waals surface area contributed by atoms with Crippen molar-refractivity contribution in [2.75, 3.05) is 4.90 Å². The van der Waals surface area contributed by atoms with Crippen molar-refractivity contribution in [3.63, 3.8) is 0 Å². The molecule has 0 bridgehead atoms. The molecule has 34 heavy (non-hydrogen) atoms. The Morgan fingerprint density at radius 2 is 1.85 bits per heavy atom. The molecule has 6 heteroatoms. The zero-order valence-electron chi connectivity index (χ0n) is 18.7. The number of halogens is 1. The van der Waals surface area contributed by atoms with Crippen LogP contribution in [0.3, 0.4) is 0 Å². The lowest BCUT2D eigenvalue weighted by atomic mass is 9.69. The number of rotatable bonds is 3. The van der Waals surface area contributed by atoms with Crippen molar-refractivity contribution >= 4 is 17.5 Å². The first-order chi connectivity index (χ1) is 16.4. The molecule has 3 heterocycles. The van der Waals surface area contributed by atoms with E-state index < -0.39 is 29.2 Å². The summed E-state index contributed by atoms with van der Waals surface area (Å²) in [5, 5.41) is 20.8. The molecule has 1 fully saturated rings. The average Bonchev–Trinajstić information content (AvgIpc) is 3.15. The smallest absolute Gasteiger partial charge is 0.186 e. The van der Waals surface area contributed by atoms with Crippen LogP contribution >= 0.6 is 0 Å². The van der Waals surface area contributed by atoms with E-state index in [4.69, 9.17) is 0 Å². The van der Waals surface area contributed by atoms with E-state index in [0.29, 0.717) is 16.9 Å². The lowest BCUT2D eigenvalue weighted by Crippen LogP contribution is -2.44. The standard InChI is InChI=1S/C28H21FN4O/c1-17-9-10-19(18(2)14-17)27(34)26-25(20-6-3-4-7-21(20)29)28(15-30,16-31)24-12-11-22-23(33(24)26)8-5-13-32-22/h3-14,24-26H,1-2H3. The summed E-state index contributed by atoms with van der Waals surface area (Å²) in [6, 6.07) is 17.9. The number of hydrogen-bond acceptors (Lipinski definition) is 5. The fraction of sp³-hybridized carbons (Fsp3) is 0.214. The van der Waals surface area contributed by atoms with E-state index >= 15 is 4.39 Å². The van der Waals surface area contributed by atoms with Gasteiger partial charge in [0.15, 0.2) is 11.2 Å². The van der Waals surface area contributed by atoms with E-state index in [0.717, 1.165) is 11.1 Å². The topological polar surface area (TPSA) is 80.8 Å². The van der Waals surface area contributed by atoms with Gasteiger partial charge < -0.3 is 4.90 Å². The summed E-state index contributed by atoms with van der Waals surface area (Å²) in [5.74, 6) is -1.82. The highest BCUT2D eigenvalue weighted by Gasteiger charge is 2.64. The van der Waals surface area contributed by atoms with Crippen LogP contribution in [0.25, 0.3) is 6.08 Å². The molecule has 3 unspecified atom stereocenters. The number of pyridine rings is 1. The van der Waals surface area contributed by atoms with Crippen LogP contribution in [0.2, 0.25) is 0 Å². The summed E-state index contributed by atoms with van der Waals surface area (Å²) in [4.78, 5) is 20.4. The Morgan fingerprint density at radius 1 is 1.09 bits per heavy atom. The number of anilines is 1. The molecule has 0 saturated carbocycles. The fourth-order valence-electron chi connectivity index (χ4n) is 5.43. The molecule has 3 atom stereocenters. The molecule has 1 aromatic heterocycles. The number of benzene rings is 2. The molecule has 3 aromatic rings. The SMILES string of the molecule is Cc1ccc(C(=O)C2C(c3ccccc3F)C(C#N)(C#N)C3C=Cc4ncccc4N23)c(C)c1. The summed E-state index contributed by atoms with van der Waals surface area (Å²) in [7, 11) is 0. The second-order valence-electron chi connectivity index (χ2n) is 8.84. The van der Waals surface area contributed by atoms with Crippen LogP contribution in [0.4, 0.5) is 10.1 Å². The molecule has 0 amide bonds. The third-order valence-corrected chi connectivity index (χ3v) is 6.93. The number of aromatic nitrogens is 1. The Balaban J connectivity index is 1.82. The lowest BCUT2D eigenvalue weighted by Gasteiger charge is -2.35. The van der Waals surface area contributed by atoms with Crippen LogP contribution in [0.1, 0.15) is 38.7 Å². The number of ketones is 1. The van der Waals surface area contributed by atoms with Crippen LogP contribution in [-0.4, -0.2) is 22.9 Å². The minimum absolute atomic E-state index is 0.182. The second-order valence-corrected chi connectivity index (χ2v) is 8.84. The molecule has 2 aliphatic rings. The number of Topliss-reactive ketones (excluding diaryl/α,β-unsaturated/α-hetero) is 1. The van der Waals surface area contributed by atoms with Crippen molar-refractivity contribution < 1.29 is 9.18 Å². The third kappa shape index (κ3) is 2.96. The van der Waals surface area contributed by atoms with Gasteiger partial charge in [-0.05, 0) is 49.2 Å². The van der Waals surface area contributed by atoms with E-state index in [-0.39, 0.29) is 11.3 Å². The molecular weight excluding hydrogens is 427 g/mol. The summed E-state index contributed by atoms with van der Waals surface area (Å²) in [6.45, 7) is 3.81. The summed E-state index contributed by atoms with van der Waals surface area (Å²) in [6.07, 6.45) is 5.16. The Hall–Kier alpha value is -4.29. The highest BCUT2D eigenvalue weighted by atomic mass is 19.1. The number of carbonyl (C=O) groups excluding carboxylic acids is 1. The first-order valence-corrected chi connectivity index (χ1v) is 11.0. The van der Waals surface area contributed by atoms with E-state index in [1.807, 2.05) is 32.0 Å².